The molecule has 3 aromatic rings. The van der Waals surface area contributed by atoms with E-state index in [4.69, 9.17) is 28.2 Å². The zero-order chi connectivity index (χ0) is 27.1. The Labute approximate surface area is 231 Å². The van der Waals surface area contributed by atoms with Crippen LogP contribution >= 0.6 is 23.2 Å². The van der Waals surface area contributed by atoms with Crippen molar-refractivity contribution in [2.75, 3.05) is 23.3 Å². The maximum atomic E-state index is 13.9. The average molecular weight is 556 g/mol. The number of nitrogens with one attached hydrogen (secondary N) is 1. The van der Waals surface area contributed by atoms with E-state index in [1.165, 1.54) is 0 Å². The molecule has 200 valence electrons. The van der Waals surface area contributed by atoms with E-state index >= 15 is 0 Å². The van der Waals surface area contributed by atoms with Crippen molar-refractivity contribution in [3.8, 4) is 5.69 Å². The second kappa shape index (κ2) is 10.6. The first-order valence-electron chi connectivity index (χ1n) is 12.8. The Morgan fingerprint density at radius 3 is 2.45 bits per heavy atom. The predicted octanol–water partition coefficient (Wildman–Crippen LogP) is 4.52. The zero-order valence-corrected chi connectivity index (χ0v) is 23.1. The molecule has 1 amide bonds. The molecule has 3 heterocycles. The number of benzene rings is 2. The van der Waals surface area contributed by atoms with Crippen LogP contribution in [0.25, 0.3) is 5.69 Å². The number of rotatable bonds is 5. The monoisotopic (exact) mass is 555 g/mol. The molecule has 38 heavy (non-hydrogen) atoms. The fourth-order valence-corrected chi connectivity index (χ4v) is 5.41. The Hall–Kier alpha value is -3.07. The van der Waals surface area contributed by atoms with Crippen LogP contribution in [0.4, 0.5) is 11.6 Å². The van der Waals surface area contributed by atoms with Crippen molar-refractivity contribution in [3.63, 3.8) is 0 Å². The number of halogens is 2. The van der Waals surface area contributed by atoms with Crippen LogP contribution in [0.15, 0.2) is 47.3 Å². The van der Waals surface area contributed by atoms with Crippen LogP contribution in [-0.4, -0.2) is 56.7 Å². The van der Waals surface area contributed by atoms with E-state index in [2.05, 4.69) is 10.2 Å². The van der Waals surface area contributed by atoms with Gasteiger partial charge in [-0.25, -0.2) is 9.55 Å². The number of hydrogen-bond acceptors (Lipinski definition) is 6. The molecule has 8 nitrogen and oxygen atoms in total. The van der Waals surface area contributed by atoms with Gasteiger partial charge < -0.3 is 20.2 Å². The quantitative estimate of drug-likeness (QED) is 0.481. The van der Waals surface area contributed by atoms with Gasteiger partial charge in [-0.3, -0.25) is 9.59 Å². The van der Waals surface area contributed by atoms with Crippen LogP contribution in [0, 0.1) is 0 Å². The summed E-state index contributed by atoms with van der Waals surface area (Å²) in [6, 6.07) is 12.4. The van der Waals surface area contributed by atoms with E-state index in [0.717, 1.165) is 18.7 Å². The first-order valence-corrected chi connectivity index (χ1v) is 13.6. The van der Waals surface area contributed by atoms with Crippen LogP contribution < -0.4 is 15.8 Å². The molecule has 0 bridgehead atoms. The number of carbonyl (C=O) groups is 1. The van der Waals surface area contributed by atoms with Gasteiger partial charge in [0, 0.05) is 42.0 Å². The Balaban J connectivity index is 1.50. The molecule has 0 unspecified atom stereocenters. The predicted molar refractivity (Wildman–Crippen MR) is 151 cm³/mol. The summed E-state index contributed by atoms with van der Waals surface area (Å²) in [5, 5.41) is 13.9. The van der Waals surface area contributed by atoms with Gasteiger partial charge in [0.25, 0.3) is 11.5 Å². The third-order valence-corrected chi connectivity index (χ3v) is 7.83. The molecule has 0 spiro atoms. The van der Waals surface area contributed by atoms with Crippen molar-refractivity contribution in [1.82, 2.24) is 14.5 Å². The molecule has 2 atom stereocenters. The smallest absolute Gasteiger partial charge is 0.263 e. The molecule has 2 aliphatic heterocycles. The highest BCUT2D eigenvalue weighted by Gasteiger charge is 2.32. The standard InChI is InChI=1S/C28H31Cl2N5O3/c1-16(2)31-28-32-25-15-34(26(37)18-4-9-23(29)24(30)13-18)17(3)12-22(25)27(38)35(28)20-7-5-19(6-8-20)33-11-10-21(36)14-33/h4-9,13,16-17,21,36H,10-12,14-15H2,1-3H3,(H,31,32)/t17-,21-/m1/s1. The fourth-order valence-electron chi connectivity index (χ4n) is 5.11. The van der Waals surface area contributed by atoms with Gasteiger partial charge in [-0.1, -0.05) is 23.2 Å². The number of carbonyl (C=O) groups excluding carboxylic acids is 1. The van der Waals surface area contributed by atoms with Crippen LogP contribution in [0.3, 0.4) is 0 Å². The number of anilines is 2. The van der Waals surface area contributed by atoms with Gasteiger partial charge in [0.05, 0.1) is 34.1 Å². The zero-order valence-electron chi connectivity index (χ0n) is 21.6. The summed E-state index contributed by atoms with van der Waals surface area (Å²) in [6.45, 7) is 7.53. The minimum absolute atomic E-state index is 0.0352. The first kappa shape index (κ1) is 26.5. The number of amides is 1. The molecule has 0 aliphatic carbocycles. The highest BCUT2D eigenvalue weighted by atomic mass is 35.5. The van der Waals surface area contributed by atoms with Crippen LogP contribution in [0.2, 0.25) is 10.0 Å². The highest BCUT2D eigenvalue weighted by Crippen LogP contribution is 2.28. The minimum Gasteiger partial charge on any atom is -0.391 e. The van der Waals surface area contributed by atoms with E-state index < -0.39 is 0 Å². The largest absolute Gasteiger partial charge is 0.391 e. The lowest BCUT2D eigenvalue weighted by atomic mass is 9.98. The Morgan fingerprint density at radius 2 is 1.82 bits per heavy atom. The molecule has 2 aliphatic rings. The highest BCUT2D eigenvalue weighted by molar-refractivity contribution is 6.42. The first-order chi connectivity index (χ1) is 18.1. The summed E-state index contributed by atoms with van der Waals surface area (Å²) in [5.74, 6) is 0.248. The van der Waals surface area contributed by atoms with Crippen LogP contribution in [-0.2, 0) is 13.0 Å². The second-order valence-electron chi connectivity index (χ2n) is 10.3. The van der Waals surface area contributed by atoms with Gasteiger partial charge in [0.2, 0.25) is 5.95 Å². The molecular formula is C28H31Cl2N5O3. The van der Waals surface area contributed by atoms with Crippen LogP contribution in [0.5, 0.6) is 0 Å². The summed E-state index contributed by atoms with van der Waals surface area (Å²) in [6.07, 6.45) is 0.829. The second-order valence-corrected chi connectivity index (χ2v) is 11.1. The lowest BCUT2D eigenvalue weighted by molar-refractivity contribution is 0.0653. The van der Waals surface area contributed by atoms with E-state index in [9.17, 15) is 14.7 Å². The number of aromatic nitrogens is 2. The van der Waals surface area contributed by atoms with Crippen molar-refractivity contribution < 1.29 is 9.90 Å². The van der Waals surface area contributed by atoms with Gasteiger partial charge in [-0.2, -0.15) is 0 Å². The summed E-state index contributed by atoms with van der Waals surface area (Å²) >= 11 is 12.2. The van der Waals surface area contributed by atoms with Crippen molar-refractivity contribution in [2.45, 2.75) is 58.3 Å². The summed E-state index contributed by atoms with van der Waals surface area (Å²) in [4.78, 5) is 36.0. The minimum atomic E-state index is -0.311. The SMILES string of the molecule is CC(C)Nc1nc2c(c(=O)n1-c1ccc(N3CC[C@@H](O)C3)cc1)C[C@@H](C)N(C(=O)c1ccc(Cl)c(Cl)c1)C2. The molecule has 10 heteroatoms. The summed E-state index contributed by atoms with van der Waals surface area (Å²) in [5.41, 5.74) is 3.21. The molecule has 1 fully saturated rings. The number of aliphatic hydroxyl groups excluding tert-OH is 1. The molecular weight excluding hydrogens is 525 g/mol. The lowest BCUT2D eigenvalue weighted by Crippen LogP contribution is -2.46. The Bertz CT molecular complexity index is 1420. The average Bonchev–Trinajstić information content (AvgIpc) is 3.32. The Morgan fingerprint density at radius 1 is 1.11 bits per heavy atom. The van der Waals surface area contributed by atoms with Crippen molar-refractivity contribution in [1.29, 1.82) is 0 Å². The number of hydrogen-bond donors (Lipinski definition) is 2. The molecule has 1 aromatic heterocycles. The maximum absolute atomic E-state index is 13.9. The third kappa shape index (κ3) is 5.13. The summed E-state index contributed by atoms with van der Waals surface area (Å²) < 4.78 is 1.62. The van der Waals surface area contributed by atoms with E-state index in [1.54, 1.807) is 27.7 Å². The Kier molecular flexibility index (Phi) is 7.40. The van der Waals surface area contributed by atoms with Gasteiger partial charge in [-0.15, -0.1) is 0 Å². The van der Waals surface area contributed by atoms with Crippen molar-refractivity contribution in [2.24, 2.45) is 0 Å². The number of fused-ring (bicyclic) bond motifs is 1. The summed E-state index contributed by atoms with van der Waals surface area (Å²) in [7, 11) is 0. The van der Waals surface area contributed by atoms with E-state index in [1.807, 2.05) is 45.0 Å². The van der Waals surface area contributed by atoms with E-state index in [0.29, 0.717) is 51.5 Å². The van der Waals surface area contributed by atoms with E-state index in [-0.39, 0.29) is 36.2 Å². The molecule has 1 saturated heterocycles. The molecule has 2 N–H and O–H groups in total. The number of nitrogens with zero attached hydrogens (tertiary/aromatic N) is 4. The topological polar surface area (TPSA) is 90.7 Å². The van der Waals surface area contributed by atoms with Crippen molar-refractivity contribution >= 4 is 40.7 Å². The van der Waals surface area contributed by atoms with Crippen molar-refractivity contribution in [3.05, 3.63) is 79.7 Å². The maximum Gasteiger partial charge on any atom is 0.263 e. The molecule has 0 radical (unpaired) electrons. The number of aliphatic hydroxyl groups is 1. The van der Waals surface area contributed by atoms with Gasteiger partial charge in [0.15, 0.2) is 0 Å². The third-order valence-electron chi connectivity index (χ3n) is 7.10. The molecule has 0 saturated carbocycles. The molecule has 5 rings (SSSR count). The lowest BCUT2D eigenvalue weighted by Gasteiger charge is -2.35. The number of β-amino-alcohol motifs (C(OH)–C–C–N with tert-alkyl or cyclic N) is 1. The normalized spacial score (nSPS) is 19.1. The van der Waals surface area contributed by atoms with Gasteiger partial charge in [0.1, 0.15) is 0 Å². The van der Waals surface area contributed by atoms with Gasteiger partial charge in [-0.05, 0) is 76.1 Å². The molecule has 2 aromatic carbocycles. The van der Waals surface area contributed by atoms with Gasteiger partial charge >= 0.3 is 0 Å². The fraction of sp³-hybridized carbons (Fsp3) is 0.393. The van der Waals surface area contributed by atoms with Crippen LogP contribution in [0.1, 0.15) is 48.8 Å².